The van der Waals surface area contributed by atoms with E-state index in [4.69, 9.17) is 0 Å². The molecule has 2 rings (SSSR count). The van der Waals surface area contributed by atoms with Crippen molar-refractivity contribution in [3.05, 3.63) is 23.8 Å². The van der Waals surface area contributed by atoms with E-state index < -0.39 is 0 Å². The van der Waals surface area contributed by atoms with Crippen molar-refractivity contribution < 1.29 is 0 Å². The molecule has 1 unspecified atom stereocenters. The van der Waals surface area contributed by atoms with Crippen LogP contribution in [0.15, 0.2) is 23.8 Å². The third-order valence-corrected chi connectivity index (χ3v) is 5.28. The summed E-state index contributed by atoms with van der Waals surface area (Å²) in [6, 6.07) is 0. The highest BCUT2D eigenvalue weighted by Crippen LogP contribution is 2.56. The minimum absolute atomic E-state index is 0.490. The van der Waals surface area contributed by atoms with Gasteiger partial charge >= 0.3 is 0 Å². The normalized spacial score (nSPS) is 25.3. The first-order valence-corrected chi connectivity index (χ1v) is 8.05. The summed E-state index contributed by atoms with van der Waals surface area (Å²) in [6.07, 6.45) is 15.5. The summed E-state index contributed by atoms with van der Waals surface area (Å²) in [5.74, 6) is 0.763. The maximum Gasteiger partial charge on any atom is -0.00375 e. The summed E-state index contributed by atoms with van der Waals surface area (Å²) < 4.78 is 0. The molecular formula is C18H31N. The van der Waals surface area contributed by atoms with Crippen LogP contribution in [0, 0.1) is 16.7 Å². The fourth-order valence-corrected chi connectivity index (χ4v) is 3.26. The molecule has 0 radical (unpaired) electrons. The van der Waals surface area contributed by atoms with E-state index in [1.165, 1.54) is 38.5 Å². The van der Waals surface area contributed by atoms with Crippen LogP contribution in [-0.4, -0.2) is 13.6 Å². The molecular weight excluding hydrogens is 230 g/mol. The zero-order valence-electron chi connectivity index (χ0n) is 13.3. The highest BCUT2D eigenvalue weighted by Gasteiger charge is 2.44. The number of hydrogen-bond acceptors (Lipinski definition) is 1. The van der Waals surface area contributed by atoms with Gasteiger partial charge in [0.2, 0.25) is 0 Å². The van der Waals surface area contributed by atoms with Gasteiger partial charge in [0.15, 0.2) is 0 Å². The third-order valence-electron chi connectivity index (χ3n) is 5.28. The number of rotatable bonds is 7. The van der Waals surface area contributed by atoms with Crippen LogP contribution in [0.5, 0.6) is 0 Å². The molecule has 0 heterocycles. The molecule has 0 saturated heterocycles. The predicted molar refractivity (Wildman–Crippen MR) is 84.2 cm³/mol. The van der Waals surface area contributed by atoms with Crippen molar-refractivity contribution in [2.24, 2.45) is 16.7 Å². The van der Waals surface area contributed by atoms with Gasteiger partial charge < -0.3 is 5.32 Å². The lowest BCUT2D eigenvalue weighted by atomic mass is 9.76. The summed E-state index contributed by atoms with van der Waals surface area (Å²) in [5, 5.41) is 3.30. The van der Waals surface area contributed by atoms with E-state index in [-0.39, 0.29) is 0 Å². The van der Waals surface area contributed by atoms with Crippen molar-refractivity contribution in [2.45, 2.75) is 59.3 Å². The first-order valence-electron chi connectivity index (χ1n) is 8.05. The summed E-state index contributed by atoms with van der Waals surface area (Å²) in [7, 11) is 2.06. The summed E-state index contributed by atoms with van der Waals surface area (Å²) in [4.78, 5) is 0. The molecule has 19 heavy (non-hydrogen) atoms. The fourth-order valence-electron chi connectivity index (χ4n) is 3.26. The van der Waals surface area contributed by atoms with Crippen LogP contribution in [0.4, 0.5) is 0 Å². The molecule has 1 saturated carbocycles. The standard InChI is InChI=1S/C18H31N/c1-5-17(2,3)14-15-6-8-16(9-7-15)18(10-11-18)12-13-19-4/h6,8-9,15,19H,5,7,10-14H2,1-4H3. The summed E-state index contributed by atoms with van der Waals surface area (Å²) in [5.41, 5.74) is 2.67. The Hall–Kier alpha value is -0.560. The number of allylic oxidation sites excluding steroid dienone is 4. The van der Waals surface area contributed by atoms with E-state index in [1.54, 1.807) is 5.57 Å². The average molecular weight is 261 g/mol. The van der Waals surface area contributed by atoms with Gasteiger partial charge in [-0.1, -0.05) is 45.4 Å². The van der Waals surface area contributed by atoms with Crippen molar-refractivity contribution >= 4 is 0 Å². The first kappa shape index (κ1) is 14.8. The molecule has 1 atom stereocenters. The molecule has 0 bridgehead atoms. The van der Waals surface area contributed by atoms with E-state index in [1.807, 2.05) is 0 Å². The zero-order valence-corrected chi connectivity index (χ0v) is 13.3. The maximum atomic E-state index is 3.30. The van der Waals surface area contributed by atoms with Crippen molar-refractivity contribution in [2.75, 3.05) is 13.6 Å². The predicted octanol–water partition coefficient (Wildman–Crippen LogP) is 4.70. The second kappa shape index (κ2) is 5.83. The van der Waals surface area contributed by atoms with Gasteiger partial charge in [-0.15, -0.1) is 0 Å². The van der Waals surface area contributed by atoms with Crippen molar-refractivity contribution in [3.8, 4) is 0 Å². The van der Waals surface area contributed by atoms with Crippen LogP contribution >= 0.6 is 0 Å². The molecule has 0 aromatic heterocycles. The molecule has 2 aliphatic rings. The van der Waals surface area contributed by atoms with E-state index in [0.717, 1.165) is 12.5 Å². The smallest absolute Gasteiger partial charge is 0.00375 e. The number of nitrogens with one attached hydrogen (secondary N) is 1. The molecule has 1 N–H and O–H groups in total. The molecule has 108 valence electrons. The summed E-state index contributed by atoms with van der Waals surface area (Å²) in [6.45, 7) is 8.26. The average Bonchev–Trinajstić information content (AvgIpc) is 3.18. The molecule has 0 aromatic carbocycles. The Balaban J connectivity index is 1.89. The molecule has 1 nitrogen and oxygen atoms in total. The van der Waals surface area contributed by atoms with Crippen molar-refractivity contribution in [1.82, 2.24) is 5.32 Å². The highest BCUT2D eigenvalue weighted by molar-refractivity contribution is 5.35. The van der Waals surface area contributed by atoms with Crippen LogP contribution in [0.1, 0.15) is 59.3 Å². The van der Waals surface area contributed by atoms with Crippen LogP contribution in [0.2, 0.25) is 0 Å². The lowest BCUT2D eigenvalue weighted by Gasteiger charge is -2.29. The fraction of sp³-hybridized carbons (Fsp3) is 0.778. The molecule has 2 aliphatic carbocycles. The van der Waals surface area contributed by atoms with Crippen LogP contribution in [0.25, 0.3) is 0 Å². The lowest BCUT2D eigenvalue weighted by molar-refractivity contribution is 0.280. The minimum Gasteiger partial charge on any atom is -0.320 e. The molecule has 0 spiro atoms. The Morgan fingerprint density at radius 2 is 2.11 bits per heavy atom. The Morgan fingerprint density at radius 1 is 1.37 bits per heavy atom. The number of hydrogen-bond donors (Lipinski definition) is 1. The van der Waals surface area contributed by atoms with E-state index >= 15 is 0 Å². The second-order valence-corrected chi connectivity index (χ2v) is 7.37. The monoisotopic (exact) mass is 261 g/mol. The minimum atomic E-state index is 0.490. The molecule has 0 amide bonds. The maximum absolute atomic E-state index is 3.30. The van der Waals surface area contributed by atoms with Gasteiger partial charge in [0, 0.05) is 0 Å². The van der Waals surface area contributed by atoms with Crippen LogP contribution in [0.3, 0.4) is 0 Å². The van der Waals surface area contributed by atoms with E-state index in [0.29, 0.717) is 10.8 Å². The zero-order chi connectivity index (χ0) is 13.9. The Bertz CT molecular complexity index is 358. The largest absolute Gasteiger partial charge is 0.320 e. The highest BCUT2D eigenvalue weighted by atomic mass is 14.8. The van der Waals surface area contributed by atoms with Gasteiger partial charge in [-0.25, -0.2) is 0 Å². The summed E-state index contributed by atoms with van der Waals surface area (Å²) >= 11 is 0. The van der Waals surface area contributed by atoms with E-state index in [9.17, 15) is 0 Å². The van der Waals surface area contributed by atoms with Gasteiger partial charge in [-0.3, -0.25) is 0 Å². The van der Waals surface area contributed by atoms with Crippen LogP contribution < -0.4 is 5.32 Å². The third kappa shape index (κ3) is 3.72. The van der Waals surface area contributed by atoms with Crippen LogP contribution in [-0.2, 0) is 0 Å². The molecule has 1 fully saturated rings. The lowest BCUT2D eigenvalue weighted by Crippen LogP contribution is -2.18. The SMILES string of the molecule is CCC(C)(C)CC1C=CC(C2(CCNC)CC2)=CC1. The van der Waals surface area contributed by atoms with Crippen molar-refractivity contribution in [3.63, 3.8) is 0 Å². The van der Waals surface area contributed by atoms with Crippen molar-refractivity contribution in [1.29, 1.82) is 0 Å². The molecule has 0 aromatic rings. The van der Waals surface area contributed by atoms with Gasteiger partial charge in [0.1, 0.15) is 0 Å². The Morgan fingerprint density at radius 3 is 2.58 bits per heavy atom. The Labute approximate surface area is 119 Å². The first-order chi connectivity index (χ1) is 9.01. The van der Waals surface area contributed by atoms with Gasteiger partial charge in [0.05, 0.1) is 0 Å². The Kier molecular flexibility index (Phi) is 4.55. The van der Waals surface area contributed by atoms with E-state index in [2.05, 4.69) is 51.4 Å². The molecule has 1 heteroatoms. The quantitative estimate of drug-likeness (QED) is 0.700. The van der Waals surface area contributed by atoms with Gasteiger partial charge in [0.25, 0.3) is 0 Å². The molecule has 0 aliphatic heterocycles. The van der Waals surface area contributed by atoms with Gasteiger partial charge in [-0.2, -0.15) is 0 Å². The van der Waals surface area contributed by atoms with Gasteiger partial charge in [-0.05, 0) is 68.0 Å². The second-order valence-electron chi connectivity index (χ2n) is 7.37. The topological polar surface area (TPSA) is 12.0 Å².